The average Bonchev–Trinajstić information content (AvgIpc) is 3.16. The fourth-order valence-electron chi connectivity index (χ4n) is 3.48. The molecule has 3 rings (SSSR count). The summed E-state index contributed by atoms with van der Waals surface area (Å²) in [5, 5.41) is 0.650. The Morgan fingerprint density at radius 3 is 2.67 bits per heavy atom. The summed E-state index contributed by atoms with van der Waals surface area (Å²) in [6.07, 6.45) is 1.85. The van der Waals surface area contributed by atoms with Crippen molar-refractivity contribution in [2.24, 2.45) is 0 Å². The van der Waals surface area contributed by atoms with E-state index in [0.29, 0.717) is 17.3 Å². The van der Waals surface area contributed by atoms with Gasteiger partial charge in [0.1, 0.15) is 17.2 Å². The van der Waals surface area contributed by atoms with Crippen LogP contribution in [0.15, 0.2) is 36.4 Å². The van der Waals surface area contributed by atoms with Crippen molar-refractivity contribution in [3.8, 4) is 17.2 Å². The molecule has 0 aliphatic carbocycles. The Labute approximate surface area is 164 Å². The minimum Gasteiger partial charge on any atom is -0.497 e. The van der Waals surface area contributed by atoms with Crippen molar-refractivity contribution >= 4 is 17.5 Å². The molecule has 0 bridgehead atoms. The number of aryl methyl sites for hydroxylation is 1. The van der Waals surface area contributed by atoms with Crippen molar-refractivity contribution in [1.29, 1.82) is 0 Å². The first kappa shape index (κ1) is 19.4. The van der Waals surface area contributed by atoms with Gasteiger partial charge in [-0.25, -0.2) is 0 Å². The molecule has 0 saturated carbocycles. The number of hydrogen-bond donors (Lipinski definition) is 0. The molecule has 0 unspecified atom stereocenters. The number of carbonyl (C=O) groups is 1. The summed E-state index contributed by atoms with van der Waals surface area (Å²) in [5.41, 5.74) is 1.90. The fourth-order valence-corrected chi connectivity index (χ4v) is 3.71. The maximum atomic E-state index is 12.8. The SMILES string of the molecule is COc1ccc([C@H]2CCCN2C(=O)COc2ccc(Cl)cc2C)c(OC)c1. The van der Waals surface area contributed by atoms with Crippen molar-refractivity contribution in [2.45, 2.75) is 25.8 Å². The maximum absolute atomic E-state index is 12.8. The molecule has 1 heterocycles. The van der Waals surface area contributed by atoms with Gasteiger partial charge in [0.15, 0.2) is 6.61 Å². The molecule has 1 fully saturated rings. The van der Waals surface area contributed by atoms with Crippen LogP contribution >= 0.6 is 11.6 Å². The van der Waals surface area contributed by atoms with E-state index in [1.807, 2.05) is 36.1 Å². The molecule has 1 aliphatic rings. The average molecular weight is 390 g/mol. The van der Waals surface area contributed by atoms with Gasteiger partial charge in [-0.05, 0) is 55.7 Å². The lowest BCUT2D eigenvalue weighted by molar-refractivity contribution is -0.134. The molecule has 27 heavy (non-hydrogen) atoms. The van der Waals surface area contributed by atoms with Crippen LogP contribution in [0.4, 0.5) is 0 Å². The third-order valence-electron chi connectivity index (χ3n) is 4.86. The van der Waals surface area contributed by atoms with E-state index in [1.165, 1.54) is 0 Å². The van der Waals surface area contributed by atoms with Gasteiger partial charge in [-0.3, -0.25) is 4.79 Å². The van der Waals surface area contributed by atoms with E-state index in [1.54, 1.807) is 26.4 Å². The number of nitrogens with zero attached hydrogens (tertiary/aromatic N) is 1. The summed E-state index contributed by atoms with van der Waals surface area (Å²) in [7, 11) is 3.25. The Morgan fingerprint density at radius 1 is 1.15 bits per heavy atom. The zero-order valence-corrected chi connectivity index (χ0v) is 16.6. The Hall–Kier alpha value is -2.40. The normalized spacial score (nSPS) is 16.3. The van der Waals surface area contributed by atoms with Crippen LogP contribution in [-0.4, -0.2) is 38.2 Å². The van der Waals surface area contributed by atoms with Crippen LogP contribution in [0.2, 0.25) is 5.02 Å². The third-order valence-corrected chi connectivity index (χ3v) is 5.10. The smallest absolute Gasteiger partial charge is 0.261 e. The second kappa shape index (κ2) is 8.53. The van der Waals surface area contributed by atoms with Crippen LogP contribution in [0.1, 0.15) is 30.0 Å². The number of rotatable bonds is 6. The standard InChI is InChI=1S/C21H24ClNO4/c1-14-11-15(22)6-9-19(14)27-13-21(24)23-10-4-5-18(23)17-8-7-16(25-2)12-20(17)26-3/h6-9,11-12,18H,4-5,10,13H2,1-3H3/t18-/m1/s1. The number of benzene rings is 2. The van der Waals surface area contributed by atoms with Gasteiger partial charge in [-0.15, -0.1) is 0 Å². The monoisotopic (exact) mass is 389 g/mol. The highest BCUT2D eigenvalue weighted by Gasteiger charge is 2.32. The first-order valence-corrected chi connectivity index (χ1v) is 9.31. The van der Waals surface area contributed by atoms with Gasteiger partial charge in [0.25, 0.3) is 5.91 Å². The molecule has 2 aromatic rings. The molecule has 0 spiro atoms. The van der Waals surface area contributed by atoms with Gasteiger partial charge in [0.2, 0.25) is 0 Å². The number of carbonyl (C=O) groups excluding carboxylic acids is 1. The van der Waals surface area contributed by atoms with E-state index >= 15 is 0 Å². The zero-order valence-electron chi connectivity index (χ0n) is 15.8. The molecule has 0 aromatic heterocycles. The lowest BCUT2D eigenvalue weighted by Gasteiger charge is -2.26. The lowest BCUT2D eigenvalue weighted by Crippen LogP contribution is -2.34. The zero-order chi connectivity index (χ0) is 19.4. The third kappa shape index (κ3) is 4.30. The number of halogens is 1. The topological polar surface area (TPSA) is 48.0 Å². The van der Waals surface area contributed by atoms with Crippen molar-refractivity contribution in [3.63, 3.8) is 0 Å². The van der Waals surface area contributed by atoms with Gasteiger partial charge in [-0.2, -0.15) is 0 Å². The molecule has 5 nitrogen and oxygen atoms in total. The van der Waals surface area contributed by atoms with Gasteiger partial charge >= 0.3 is 0 Å². The molecule has 1 saturated heterocycles. The summed E-state index contributed by atoms with van der Waals surface area (Å²) in [4.78, 5) is 14.7. The van der Waals surface area contributed by atoms with E-state index in [2.05, 4.69) is 0 Å². The van der Waals surface area contributed by atoms with Crippen LogP contribution in [0.25, 0.3) is 0 Å². The van der Waals surface area contributed by atoms with Crippen molar-refractivity contribution in [1.82, 2.24) is 4.90 Å². The number of hydrogen-bond acceptors (Lipinski definition) is 4. The van der Waals surface area contributed by atoms with Crippen LogP contribution in [0.3, 0.4) is 0 Å². The van der Waals surface area contributed by atoms with Crippen LogP contribution in [-0.2, 0) is 4.79 Å². The molecule has 6 heteroatoms. The van der Waals surface area contributed by atoms with Crippen LogP contribution in [0, 0.1) is 6.92 Å². The van der Waals surface area contributed by atoms with Gasteiger partial charge in [0, 0.05) is 23.2 Å². The summed E-state index contributed by atoms with van der Waals surface area (Å²) in [6, 6.07) is 11.1. The first-order valence-electron chi connectivity index (χ1n) is 8.94. The van der Waals surface area contributed by atoms with E-state index in [0.717, 1.165) is 35.5 Å². The molecule has 1 atom stereocenters. The molecule has 0 radical (unpaired) electrons. The highest BCUT2D eigenvalue weighted by Crippen LogP contribution is 2.38. The van der Waals surface area contributed by atoms with E-state index in [-0.39, 0.29) is 18.6 Å². The summed E-state index contributed by atoms with van der Waals surface area (Å²) < 4.78 is 16.5. The number of likely N-dealkylation sites (tertiary alicyclic amines) is 1. The number of ether oxygens (including phenoxy) is 3. The molecule has 2 aromatic carbocycles. The van der Waals surface area contributed by atoms with Crippen LogP contribution in [0.5, 0.6) is 17.2 Å². The molecular formula is C21H24ClNO4. The number of amides is 1. The minimum absolute atomic E-state index is 0.00254. The summed E-state index contributed by atoms with van der Waals surface area (Å²) in [5.74, 6) is 2.09. The molecule has 0 N–H and O–H groups in total. The van der Waals surface area contributed by atoms with Gasteiger partial charge < -0.3 is 19.1 Å². The summed E-state index contributed by atoms with van der Waals surface area (Å²) >= 11 is 5.97. The predicted molar refractivity (Wildman–Crippen MR) is 105 cm³/mol. The minimum atomic E-state index is -0.0373. The maximum Gasteiger partial charge on any atom is 0.261 e. The molecule has 144 valence electrons. The predicted octanol–water partition coefficient (Wildman–Crippen LogP) is 4.41. The van der Waals surface area contributed by atoms with Crippen molar-refractivity contribution in [2.75, 3.05) is 27.4 Å². The highest BCUT2D eigenvalue weighted by atomic mass is 35.5. The first-order chi connectivity index (χ1) is 13.0. The molecular weight excluding hydrogens is 366 g/mol. The lowest BCUT2D eigenvalue weighted by atomic mass is 10.0. The van der Waals surface area contributed by atoms with Gasteiger partial charge in [-0.1, -0.05) is 11.6 Å². The van der Waals surface area contributed by atoms with E-state index in [4.69, 9.17) is 25.8 Å². The Morgan fingerprint density at radius 2 is 1.96 bits per heavy atom. The second-order valence-corrected chi connectivity index (χ2v) is 6.99. The highest BCUT2D eigenvalue weighted by molar-refractivity contribution is 6.30. The summed E-state index contributed by atoms with van der Waals surface area (Å²) in [6.45, 7) is 2.62. The largest absolute Gasteiger partial charge is 0.497 e. The van der Waals surface area contributed by atoms with Crippen molar-refractivity contribution < 1.29 is 19.0 Å². The molecule has 1 amide bonds. The molecule has 1 aliphatic heterocycles. The van der Waals surface area contributed by atoms with Gasteiger partial charge in [0.05, 0.1) is 20.3 Å². The second-order valence-electron chi connectivity index (χ2n) is 6.55. The Balaban J connectivity index is 1.73. The van der Waals surface area contributed by atoms with Crippen LogP contribution < -0.4 is 14.2 Å². The Bertz CT molecular complexity index is 824. The fraction of sp³-hybridized carbons (Fsp3) is 0.381. The Kier molecular flexibility index (Phi) is 6.11. The number of methoxy groups -OCH3 is 2. The van der Waals surface area contributed by atoms with Crippen molar-refractivity contribution in [3.05, 3.63) is 52.5 Å². The van der Waals surface area contributed by atoms with E-state index in [9.17, 15) is 4.79 Å². The van der Waals surface area contributed by atoms with E-state index < -0.39 is 0 Å². The quantitative estimate of drug-likeness (QED) is 0.734.